The number of hydrogen-bond acceptors (Lipinski definition) is 5. The van der Waals surface area contributed by atoms with Crippen LogP contribution >= 0.6 is 0 Å². The molecule has 0 atom stereocenters. The lowest BCUT2D eigenvalue weighted by molar-refractivity contribution is 0.574. The van der Waals surface area contributed by atoms with Gasteiger partial charge in [-0.15, -0.1) is 0 Å². The van der Waals surface area contributed by atoms with Crippen LogP contribution in [0.3, 0.4) is 0 Å². The molecule has 0 aliphatic rings. The number of aryl methyl sites for hydroxylation is 1. The summed E-state index contributed by atoms with van der Waals surface area (Å²) in [7, 11) is 0. The van der Waals surface area contributed by atoms with Gasteiger partial charge < -0.3 is 11.5 Å². The van der Waals surface area contributed by atoms with Crippen LogP contribution in [0.5, 0.6) is 0 Å². The van der Waals surface area contributed by atoms with Crippen molar-refractivity contribution in [2.45, 2.75) is 19.4 Å². The fourth-order valence-electron chi connectivity index (χ4n) is 2.39. The summed E-state index contributed by atoms with van der Waals surface area (Å²) < 4.78 is 1.89. The standard InChI is InChI=1S/C15H18N6/c16-8-4-5-9-21-15-12(14(17)18-10-19-15)13(20-21)11-6-2-1-3-7-11/h1-3,6-7,10H,4-5,8-9,16H2,(H2,17,18,19). The Bertz CT molecular complexity index is 735. The number of benzene rings is 1. The average Bonchev–Trinajstić information content (AvgIpc) is 2.89. The summed E-state index contributed by atoms with van der Waals surface area (Å²) in [5, 5.41) is 5.50. The molecule has 6 heteroatoms. The fraction of sp³-hybridized carbons (Fsp3) is 0.267. The van der Waals surface area contributed by atoms with E-state index >= 15 is 0 Å². The molecule has 21 heavy (non-hydrogen) atoms. The average molecular weight is 282 g/mol. The number of nitrogen functional groups attached to an aromatic ring is 1. The Morgan fingerprint density at radius 1 is 1.05 bits per heavy atom. The Balaban J connectivity index is 2.12. The van der Waals surface area contributed by atoms with Gasteiger partial charge >= 0.3 is 0 Å². The van der Waals surface area contributed by atoms with Gasteiger partial charge in [-0.3, -0.25) is 0 Å². The largest absolute Gasteiger partial charge is 0.383 e. The minimum atomic E-state index is 0.462. The topological polar surface area (TPSA) is 95.6 Å². The molecule has 3 rings (SSSR count). The van der Waals surface area contributed by atoms with Crippen LogP contribution in [0.4, 0.5) is 5.82 Å². The fourth-order valence-corrected chi connectivity index (χ4v) is 2.39. The SMILES string of the molecule is NCCCCn1nc(-c2ccccc2)c2c(N)ncnc21. The Morgan fingerprint density at radius 2 is 1.86 bits per heavy atom. The molecule has 2 heterocycles. The molecule has 0 aliphatic carbocycles. The molecular formula is C15H18N6. The number of anilines is 1. The van der Waals surface area contributed by atoms with Crippen molar-refractivity contribution in [3.63, 3.8) is 0 Å². The zero-order valence-electron chi connectivity index (χ0n) is 11.7. The van der Waals surface area contributed by atoms with Crippen molar-refractivity contribution in [1.29, 1.82) is 0 Å². The van der Waals surface area contributed by atoms with E-state index in [0.29, 0.717) is 12.4 Å². The van der Waals surface area contributed by atoms with Crippen molar-refractivity contribution >= 4 is 16.9 Å². The molecule has 2 aromatic heterocycles. The molecule has 0 saturated heterocycles. The molecule has 0 unspecified atom stereocenters. The van der Waals surface area contributed by atoms with Crippen molar-refractivity contribution in [2.24, 2.45) is 5.73 Å². The summed E-state index contributed by atoms with van der Waals surface area (Å²) >= 11 is 0. The molecule has 0 radical (unpaired) electrons. The Hall–Kier alpha value is -2.47. The lowest BCUT2D eigenvalue weighted by atomic mass is 10.1. The second kappa shape index (κ2) is 5.88. The van der Waals surface area contributed by atoms with Gasteiger partial charge in [0.15, 0.2) is 5.65 Å². The van der Waals surface area contributed by atoms with Crippen LogP contribution in [0, 0.1) is 0 Å². The van der Waals surface area contributed by atoms with E-state index in [2.05, 4.69) is 15.1 Å². The zero-order valence-corrected chi connectivity index (χ0v) is 11.7. The summed E-state index contributed by atoms with van der Waals surface area (Å²) in [6, 6.07) is 9.96. The van der Waals surface area contributed by atoms with E-state index in [9.17, 15) is 0 Å². The second-order valence-corrected chi connectivity index (χ2v) is 4.89. The quantitative estimate of drug-likeness (QED) is 0.696. The first kappa shape index (κ1) is 13.5. The van der Waals surface area contributed by atoms with E-state index in [-0.39, 0.29) is 0 Å². The molecule has 0 saturated carbocycles. The molecule has 108 valence electrons. The van der Waals surface area contributed by atoms with E-state index in [1.165, 1.54) is 6.33 Å². The predicted octanol–water partition coefficient (Wildman–Crippen LogP) is 1.81. The van der Waals surface area contributed by atoms with Gasteiger partial charge in [0.25, 0.3) is 0 Å². The van der Waals surface area contributed by atoms with Gasteiger partial charge in [0.2, 0.25) is 0 Å². The van der Waals surface area contributed by atoms with Gasteiger partial charge in [-0.1, -0.05) is 30.3 Å². The first-order valence-electron chi connectivity index (χ1n) is 7.03. The van der Waals surface area contributed by atoms with Crippen molar-refractivity contribution < 1.29 is 0 Å². The second-order valence-electron chi connectivity index (χ2n) is 4.89. The van der Waals surface area contributed by atoms with E-state index in [4.69, 9.17) is 11.5 Å². The molecule has 3 aromatic rings. The van der Waals surface area contributed by atoms with Crippen LogP contribution in [0.25, 0.3) is 22.3 Å². The molecule has 1 aromatic carbocycles. The normalized spacial score (nSPS) is 11.1. The lowest BCUT2D eigenvalue weighted by Crippen LogP contribution is -2.05. The maximum atomic E-state index is 6.04. The van der Waals surface area contributed by atoms with Crippen LogP contribution in [-0.2, 0) is 6.54 Å². The molecule has 0 aliphatic heterocycles. The molecule has 0 spiro atoms. The van der Waals surface area contributed by atoms with Crippen LogP contribution in [0.1, 0.15) is 12.8 Å². The number of aromatic nitrogens is 4. The molecular weight excluding hydrogens is 264 g/mol. The maximum Gasteiger partial charge on any atom is 0.163 e. The van der Waals surface area contributed by atoms with Crippen LogP contribution in [0.15, 0.2) is 36.7 Å². The third-order valence-corrected chi connectivity index (χ3v) is 3.43. The summed E-state index contributed by atoms with van der Waals surface area (Å²) in [5.74, 6) is 0.462. The van der Waals surface area contributed by atoms with Gasteiger partial charge in [-0.05, 0) is 19.4 Å². The molecule has 0 fully saturated rings. The number of nitrogens with zero attached hydrogens (tertiary/aromatic N) is 4. The number of nitrogens with two attached hydrogens (primary N) is 2. The molecule has 6 nitrogen and oxygen atoms in total. The number of unbranched alkanes of at least 4 members (excludes halogenated alkanes) is 1. The minimum absolute atomic E-state index is 0.462. The van der Waals surface area contributed by atoms with Crippen molar-refractivity contribution in [1.82, 2.24) is 19.7 Å². The van der Waals surface area contributed by atoms with Gasteiger partial charge in [0, 0.05) is 12.1 Å². The third-order valence-electron chi connectivity index (χ3n) is 3.43. The summed E-state index contributed by atoms with van der Waals surface area (Å²) in [6.45, 7) is 1.46. The summed E-state index contributed by atoms with van der Waals surface area (Å²) in [5.41, 5.74) is 14.2. The van der Waals surface area contributed by atoms with Crippen molar-refractivity contribution in [3.8, 4) is 11.3 Å². The maximum absolute atomic E-state index is 6.04. The Morgan fingerprint density at radius 3 is 2.62 bits per heavy atom. The Kier molecular flexibility index (Phi) is 3.79. The smallest absolute Gasteiger partial charge is 0.163 e. The number of rotatable bonds is 5. The van der Waals surface area contributed by atoms with Gasteiger partial charge in [0.05, 0.1) is 5.39 Å². The Labute approximate surface area is 122 Å². The van der Waals surface area contributed by atoms with Crippen LogP contribution in [-0.4, -0.2) is 26.3 Å². The third kappa shape index (κ3) is 2.57. The highest BCUT2D eigenvalue weighted by Gasteiger charge is 2.16. The van der Waals surface area contributed by atoms with Crippen molar-refractivity contribution in [3.05, 3.63) is 36.7 Å². The number of fused-ring (bicyclic) bond motifs is 1. The highest BCUT2D eigenvalue weighted by atomic mass is 15.3. The predicted molar refractivity (Wildman–Crippen MR) is 83.5 cm³/mol. The molecule has 0 bridgehead atoms. The highest BCUT2D eigenvalue weighted by molar-refractivity contribution is 5.98. The van der Waals surface area contributed by atoms with E-state index < -0.39 is 0 Å². The minimum Gasteiger partial charge on any atom is -0.383 e. The summed E-state index contributed by atoms with van der Waals surface area (Å²) in [4.78, 5) is 8.44. The zero-order chi connectivity index (χ0) is 14.7. The molecule has 0 amide bonds. The lowest BCUT2D eigenvalue weighted by Gasteiger charge is -2.01. The summed E-state index contributed by atoms with van der Waals surface area (Å²) in [6.07, 6.45) is 3.40. The van der Waals surface area contributed by atoms with E-state index in [1.54, 1.807) is 0 Å². The highest BCUT2D eigenvalue weighted by Crippen LogP contribution is 2.29. The molecule has 4 N–H and O–H groups in total. The van der Waals surface area contributed by atoms with Crippen LogP contribution in [0.2, 0.25) is 0 Å². The van der Waals surface area contributed by atoms with Gasteiger partial charge in [0.1, 0.15) is 17.8 Å². The first-order chi connectivity index (χ1) is 10.3. The van der Waals surface area contributed by atoms with Gasteiger partial charge in [-0.2, -0.15) is 5.10 Å². The monoisotopic (exact) mass is 282 g/mol. The number of hydrogen-bond donors (Lipinski definition) is 2. The first-order valence-corrected chi connectivity index (χ1v) is 7.03. The van der Waals surface area contributed by atoms with Crippen LogP contribution < -0.4 is 11.5 Å². The van der Waals surface area contributed by atoms with Gasteiger partial charge in [-0.25, -0.2) is 14.6 Å². The van der Waals surface area contributed by atoms with E-state index in [1.807, 2.05) is 35.0 Å². The van der Waals surface area contributed by atoms with Crippen molar-refractivity contribution in [2.75, 3.05) is 12.3 Å². The van der Waals surface area contributed by atoms with E-state index in [0.717, 1.165) is 41.7 Å².